The average Bonchev–Trinajstić information content (AvgIpc) is 3.30. The van der Waals surface area contributed by atoms with Crippen LogP contribution in [0.2, 0.25) is 0 Å². The minimum Gasteiger partial charge on any atom is -0.228 e. The van der Waals surface area contributed by atoms with E-state index in [2.05, 4.69) is 200 Å². The predicted octanol–water partition coefficient (Wildman–Crippen LogP) is 15.2. The summed E-state index contributed by atoms with van der Waals surface area (Å²) in [6.45, 7) is 0. The fraction of sp³-hybridized carbons (Fsp3) is 0. The Kier molecular flexibility index (Phi) is 7.26. The van der Waals surface area contributed by atoms with Crippen LogP contribution in [0, 0.1) is 0 Å². The highest BCUT2D eigenvalue weighted by Gasteiger charge is 2.18. The quantitative estimate of drug-likeness (QED) is 0.133. The summed E-state index contributed by atoms with van der Waals surface area (Å²) in [6, 6.07) is 74.7. The maximum atomic E-state index is 5.31. The van der Waals surface area contributed by atoms with Crippen molar-refractivity contribution < 1.29 is 0 Å². The van der Waals surface area contributed by atoms with Crippen LogP contribution in [0.15, 0.2) is 206 Å². The topological polar surface area (TPSA) is 25.8 Å². The monoisotopic (exact) mass is 734 g/mol. The largest absolute Gasteiger partial charge is 0.228 e. The minimum atomic E-state index is 0.707. The molecule has 58 heavy (non-hydrogen) atoms. The van der Waals surface area contributed by atoms with E-state index in [-0.39, 0.29) is 0 Å². The van der Waals surface area contributed by atoms with E-state index >= 15 is 0 Å². The highest BCUT2D eigenvalue weighted by Crippen LogP contribution is 2.44. The fourth-order valence-electron chi connectivity index (χ4n) is 9.29. The molecule has 0 aliphatic heterocycles. The van der Waals surface area contributed by atoms with Gasteiger partial charge in [0.2, 0.25) is 0 Å². The zero-order valence-electron chi connectivity index (χ0n) is 31.5. The van der Waals surface area contributed by atoms with Crippen LogP contribution < -0.4 is 0 Å². The van der Waals surface area contributed by atoms with Gasteiger partial charge >= 0.3 is 0 Å². The Morgan fingerprint density at radius 1 is 0.241 bits per heavy atom. The Labute approximate surface area is 335 Å². The van der Waals surface area contributed by atoms with Crippen LogP contribution in [-0.2, 0) is 0 Å². The Bertz CT molecular complexity index is 3620. The van der Waals surface area contributed by atoms with Gasteiger partial charge in [0, 0.05) is 16.7 Å². The van der Waals surface area contributed by atoms with Gasteiger partial charge in [-0.3, -0.25) is 0 Å². The van der Waals surface area contributed by atoms with E-state index in [0.29, 0.717) is 5.82 Å². The molecule has 11 aromatic carbocycles. The van der Waals surface area contributed by atoms with Gasteiger partial charge in [-0.1, -0.05) is 188 Å². The second-order valence-corrected chi connectivity index (χ2v) is 15.3. The van der Waals surface area contributed by atoms with Crippen molar-refractivity contribution in [3.05, 3.63) is 206 Å². The smallest absolute Gasteiger partial charge is 0.160 e. The molecule has 0 aliphatic carbocycles. The van der Waals surface area contributed by atoms with Gasteiger partial charge in [-0.05, 0) is 105 Å². The number of nitrogens with zero attached hydrogens (tertiary/aromatic N) is 2. The first-order valence-corrected chi connectivity index (χ1v) is 19.9. The Balaban J connectivity index is 1.07. The van der Waals surface area contributed by atoms with E-state index in [0.717, 1.165) is 33.5 Å². The number of hydrogen-bond acceptors (Lipinski definition) is 2. The van der Waals surface area contributed by atoms with E-state index in [4.69, 9.17) is 9.97 Å². The standard InChI is InChI=1S/C56H34N2/c1-2-14-37(15-3-1)56-57-53(40-25-26-43-39(32-40)24-28-47-41-17-7-4-12-35(41)22-27-48(43)47)34-54(58-56)49-30-31-50(46-21-11-10-20-45(46)49)55-44-19-9-6-16-38(44)33-52-42-18-8-5-13-36(42)23-29-51(52)55/h1-34H. The molecule has 0 atom stereocenters. The number of rotatable bonds is 4. The van der Waals surface area contributed by atoms with Crippen LogP contribution >= 0.6 is 0 Å². The maximum Gasteiger partial charge on any atom is 0.160 e. The molecule has 12 rings (SSSR count). The lowest BCUT2D eigenvalue weighted by atomic mass is 9.86. The summed E-state index contributed by atoms with van der Waals surface area (Å²) in [5.74, 6) is 0.707. The molecule has 2 heteroatoms. The Morgan fingerprint density at radius 2 is 0.741 bits per heavy atom. The third kappa shape index (κ3) is 5.12. The van der Waals surface area contributed by atoms with E-state index < -0.39 is 0 Å². The molecule has 0 unspecified atom stereocenters. The van der Waals surface area contributed by atoms with Crippen LogP contribution in [0.1, 0.15) is 0 Å². The molecule has 0 fully saturated rings. The molecule has 0 N–H and O–H groups in total. The van der Waals surface area contributed by atoms with Gasteiger partial charge in [0.15, 0.2) is 5.82 Å². The van der Waals surface area contributed by atoms with Crippen LogP contribution in [0.4, 0.5) is 0 Å². The van der Waals surface area contributed by atoms with Crippen molar-refractivity contribution in [2.45, 2.75) is 0 Å². The van der Waals surface area contributed by atoms with Gasteiger partial charge in [-0.25, -0.2) is 9.97 Å². The molecule has 0 radical (unpaired) electrons. The Hall–Kier alpha value is -7.68. The SMILES string of the molecule is c1ccc(-c2nc(-c3ccc4c(ccc5c6ccccc6ccc45)c3)cc(-c3ccc(-c4c5ccccc5cc5c4ccc4ccccc45)c4ccccc34)n2)cc1. The predicted molar refractivity (Wildman–Crippen MR) is 246 cm³/mol. The average molecular weight is 735 g/mol. The van der Waals surface area contributed by atoms with Crippen molar-refractivity contribution in [3.63, 3.8) is 0 Å². The summed E-state index contributed by atoms with van der Waals surface area (Å²) in [5, 5.41) is 17.4. The summed E-state index contributed by atoms with van der Waals surface area (Å²) in [6.07, 6.45) is 0. The first kappa shape index (κ1) is 32.6. The van der Waals surface area contributed by atoms with Crippen LogP contribution in [-0.4, -0.2) is 9.97 Å². The lowest BCUT2D eigenvalue weighted by molar-refractivity contribution is 1.19. The molecular formula is C56H34N2. The number of benzene rings is 11. The molecule has 0 spiro atoms. The summed E-state index contributed by atoms with van der Waals surface area (Å²) in [5.41, 5.74) is 7.38. The van der Waals surface area contributed by atoms with Crippen LogP contribution in [0.3, 0.4) is 0 Å². The van der Waals surface area contributed by atoms with Crippen molar-refractivity contribution >= 4 is 75.4 Å². The van der Waals surface area contributed by atoms with Gasteiger partial charge < -0.3 is 0 Å². The van der Waals surface area contributed by atoms with Gasteiger partial charge in [0.1, 0.15) is 0 Å². The van der Waals surface area contributed by atoms with E-state index in [1.807, 2.05) is 6.07 Å². The van der Waals surface area contributed by atoms with Gasteiger partial charge in [-0.15, -0.1) is 0 Å². The summed E-state index contributed by atoms with van der Waals surface area (Å²) in [4.78, 5) is 10.5. The van der Waals surface area contributed by atoms with Crippen LogP contribution in [0.5, 0.6) is 0 Å². The van der Waals surface area contributed by atoms with Gasteiger partial charge in [0.25, 0.3) is 0 Å². The molecular weight excluding hydrogens is 701 g/mol. The highest BCUT2D eigenvalue weighted by molar-refractivity contribution is 6.23. The first-order valence-electron chi connectivity index (χ1n) is 19.9. The van der Waals surface area contributed by atoms with Crippen molar-refractivity contribution in [1.82, 2.24) is 9.97 Å². The molecule has 12 aromatic rings. The van der Waals surface area contributed by atoms with E-state index in [9.17, 15) is 0 Å². The molecule has 0 bridgehead atoms. The van der Waals surface area contributed by atoms with Crippen molar-refractivity contribution in [3.8, 4) is 45.0 Å². The molecule has 268 valence electrons. The van der Waals surface area contributed by atoms with Gasteiger partial charge in [0.05, 0.1) is 11.4 Å². The number of fused-ring (bicyclic) bond motifs is 10. The fourth-order valence-corrected chi connectivity index (χ4v) is 9.29. The second kappa shape index (κ2) is 12.9. The second-order valence-electron chi connectivity index (χ2n) is 15.3. The molecule has 0 saturated heterocycles. The molecule has 1 heterocycles. The molecule has 0 saturated carbocycles. The molecule has 2 nitrogen and oxygen atoms in total. The molecule has 1 aromatic heterocycles. The maximum absolute atomic E-state index is 5.31. The van der Waals surface area contributed by atoms with Gasteiger partial charge in [-0.2, -0.15) is 0 Å². The van der Waals surface area contributed by atoms with E-state index in [1.54, 1.807) is 0 Å². The molecule has 0 amide bonds. The summed E-state index contributed by atoms with van der Waals surface area (Å²) >= 11 is 0. The van der Waals surface area contributed by atoms with E-state index in [1.165, 1.54) is 81.1 Å². The van der Waals surface area contributed by atoms with Crippen LogP contribution in [0.25, 0.3) is 120 Å². The Morgan fingerprint density at radius 3 is 1.48 bits per heavy atom. The highest BCUT2D eigenvalue weighted by atomic mass is 14.9. The third-order valence-corrected chi connectivity index (χ3v) is 12.0. The van der Waals surface area contributed by atoms with Crippen molar-refractivity contribution in [2.75, 3.05) is 0 Å². The lowest BCUT2D eigenvalue weighted by Crippen LogP contribution is -1.97. The summed E-state index contributed by atoms with van der Waals surface area (Å²) < 4.78 is 0. The first-order chi connectivity index (χ1) is 28.7. The zero-order valence-corrected chi connectivity index (χ0v) is 31.5. The van der Waals surface area contributed by atoms with Crippen molar-refractivity contribution in [2.24, 2.45) is 0 Å². The minimum absolute atomic E-state index is 0.707. The number of hydrogen-bond donors (Lipinski definition) is 0. The number of aromatic nitrogens is 2. The molecule has 0 aliphatic rings. The van der Waals surface area contributed by atoms with Crippen molar-refractivity contribution in [1.29, 1.82) is 0 Å². The normalized spacial score (nSPS) is 11.8. The summed E-state index contributed by atoms with van der Waals surface area (Å²) in [7, 11) is 0. The lowest BCUT2D eigenvalue weighted by Gasteiger charge is -2.17. The zero-order chi connectivity index (χ0) is 38.2. The third-order valence-electron chi connectivity index (χ3n) is 12.0.